The Balaban J connectivity index is 1.27. The third kappa shape index (κ3) is 10.3. The van der Waals surface area contributed by atoms with Crippen molar-refractivity contribution in [1.29, 1.82) is 0 Å². The number of urea groups is 1. The van der Waals surface area contributed by atoms with Crippen molar-refractivity contribution in [2.45, 2.75) is 32.8 Å². The van der Waals surface area contributed by atoms with Crippen LogP contribution >= 0.6 is 0 Å². The number of hydrogen-bond acceptors (Lipinski definition) is 5. The Kier molecular flexibility index (Phi) is 11.2. The highest BCUT2D eigenvalue weighted by Crippen LogP contribution is 2.19. The van der Waals surface area contributed by atoms with E-state index < -0.39 is 12.3 Å². The molecule has 1 unspecified atom stereocenters. The maximum absolute atomic E-state index is 13.3. The second-order valence-corrected chi connectivity index (χ2v) is 9.98. The lowest BCUT2D eigenvalue weighted by Crippen LogP contribution is -2.56. The maximum Gasteiger partial charge on any atom is 0.323 e. The number of amides is 3. The van der Waals surface area contributed by atoms with Gasteiger partial charge in [-0.15, -0.1) is 0 Å². The van der Waals surface area contributed by atoms with Crippen molar-refractivity contribution < 1.29 is 9.59 Å². The number of rotatable bonds is 11. The maximum atomic E-state index is 13.3. The first kappa shape index (κ1) is 30.7. The van der Waals surface area contributed by atoms with Crippen LogP contribution in [0.3, 0.4) is 0 Å². The van der Waals surface area contributed by atoms with Gasteiger partial charge >= 0.3 is 6.03 Å². The molecule has 0 radical (unpaired) electrons. The molecule has 4 aromatic rings. The molecule has 0 aromatic heterocycles. The van der Waals surface area contributed by atoms with Crippen molar-refractivity contribution >= 4 is 29.5 Å². The van der Waals surface area contributed by atoms with Crippen molar-refractivity contribution in [2.24, 2.45) is 16.5 Å². The summed E-state index contributed by atoms with van der Waals surface area (Å²) in [5.74, 6) is -0.174. The minimum atomic E-state index is -0.829. The van der Waals surface area contributed by atoms with E-state index in [0.29, 0.717) is 25.2 Å². The Labute approximate surface area is 252 Å². The minimum absolute atomic E-state index is 0.00464. The summed E-state index contributed by atoms with van der Waals surface area (Å²) >= 11 is 0. The van der Waals surface area contributed by atoms with Crippen LogP contribution in [0.25, 0.3) is 11.6 Å². The number of guanidine groups is 1. The molecule has 4 aromatic carbocycles. The van der Waals surface area contributed by atoms with Crippen LogP contribution in [0.5, 0.6) is 0 Å². The fraction of sp³-hybridized carbons (Fsp3) is 0.147. The van der Waals surface area contributed by atoms with Crippen LogP contribution in [0.2, 0.25) is 0 Å². The Morgan fingerprint density at radius 2 is 1.47 bits per heavy atom. The summed E-state index contributed by atoms with van der Waals surface area (Å²) in [5, 5.41) is 11.2. The fourth-order valence-electron chi connectivity index (χ4n) is 4.34. The molecule has 1 atom stereocenters. The smallest absolute Gasteiger partial charge is 0.323 e. The summed E-state index contributed by atoms with van der Waals surface area (Å²) < 4.78 is 0. The van der Waals surface area contributed by atoms with Crippen molar-refractivity contribution in [3.63, 3.8) is 0 Å². The lowest BCUT2D eigenvalue weighted by molar-refractivity contribution is -0.115. The molecule has 43 heavy (non-hydrogen) atoms. The first-order chi connectivity index (χ1) is 20.9. The van der Waals surface area contributed by atoms with Crippen LogP contribution < -0.4 is 32.7 Å². The molecule has 0 bridgehead atoms. The number of benzene rings is 4. The normalized spacial score (nSPS) is 12.3. The summed E-state index contributed by atoms with van der Waals surface area (Å²) in [6.07, 6.45) is 1.06. The van der Waals surface area contributed by atoms with Crippen LogP contribution in [-0.4, -0.2) is 24.2 Å². The number of carbonyl (C=O) groups excluding carboxylic acids is 2. The SMILES string of the molecule is Cc1cccc(CN=C(N)NC(=O)NC(N)NCc2cccc(CNC(=O)/C(=C/c3ccccc3)c3ccccc3)c2)c1. The van der Waals surface area contributed by atoms with Crippen molar-refractivity contribution in [3.8, 4) is 0 Å². The van der Waals surface area contributed by atoms with Crippen LogP contribution in [0.1, 0.15) is 33.4 Å². The van der Waals surface area contributed by atoms with Crippen LogP contribution in [0.4, 0.5) is 4.79 Å². The zero-order valence-corrected chi connectivity index (χ0v) is 24.1. The van der Waals surface area contributed by atoms with Crippen LogP contribution in [-0.2, 0) is 24.4 Å². The lowest BCUT2D eigenvalue weighted by Gasteiger charge is -2.16. The lowest BCUT2D eigenvalue weighted by atomic mass is 10.0. The second kappa shape index (κ2) is 15.7. The molecule has 0 aliphatic rings. The quantitative estimate of drug-likeness (QED) is 0.0526. The Bertz CT molecular complexity index is 1570. The van der Waals surface area contributed by atoms with E-state index in [1.54, 1.807) is 0 Å². The largest absolute Gasteiger partial charge is 0.370 e. The van der Waals surface area contributed by atoms with Crippen molar-refractivity contribution in [1.82, 2.24) is 21.3 Å². The molecule has 9 heteroatoms. The average Bonchev–Trinajstić information content (AvgIpc) is 3.01. The van der Waals surface area contributed by atoms with Crippen molar-refractivity contribution in [3.05, 3.63) is 143 Å². The molecule has 3 amide bonds. The van der Waals surface area contributed by atoms with Crippen LogP contribution in [0.15, 0.2) is 114 Å². The molecule has 0 heterocycles. The summed E-state index contributed by atoms with van der Waals surface area (Å²) in [6.45, 7) is 3.09. The van der Waals surface area contributed by atoms with Gasteiger partial charge in [0.25, 0.3) is 5.91 Å². The number of nitrogens with two attached hydrogens (primary N) is 2. The second-order valence-electron chi connectivity index (χ2n) is 9.98. The number of nitrogens with one attached hydrogen (secondary N) is 4. The summed E-state index contributed by atoms with van der Waals surface area (Å²) in [5.41, 5.74) is 18.2. The van der Waals surface area contributed by atoms with E-state index in [4.69, 9.17) is 11.5 Å². The fourth-order valence-corrected chi connectivity index (χ4v) is 4.34. The molecule has 0 aliphatic heterocycles. The van der Waals surface area contributed by atoms with Gasteiger partial charge in [0.15, 0.2) is 5.96 Å². The molecule has 0 aliphatic carbocycles. The molecule has 4 rings (SSSR count). The van der Waals surface area contributed by atoms with Gasteiger partial charge in [-0.25, -0.2) is 9.79 Å². The van der Waals surface area contributed by atoms with E-state index in [1.807, 2.05) is 122 Å². The van der Waals surface area contributed by atoms with Gasteiger partial charge in [0.05, 0.1) is 6.54 Å². The Morgan fingerprint density at radius 1 is 0.814 bits per heavy atom. The van der Waals surface area contributed by atoms with E-state index in [0.717, 1.165) is 33.4 Å². The van der Waals surface area contributed by atoms with Gasteiger partial charge in [-0.1, -0.05) is 115 Å². The number of nitrogens with zero attached hydrogens (tertiary/aromatic N) is 1. The van der Waals surface area contributed by atoms with E-state index in [2.05, 4.69) is 26.3 Å². The average molecular weight is 576 g/mol. The summed E-state index contributed by atoms with van der Waals surface area (Å²) in [7, 11) is 0. The molecular weight excluding hydrogens is 538 g/mol. The minimum Gasteiger partial charge on any atom is -0.370 e. The number of carbonyl (C=O) groups is 2. The Hall–Kier alpha value is -5.25. The van der Waals surface area contributed by atoms with Gasteiger partial charge in [-0.3, -0.25) is 21.2 Å². The van der Waals surface area contributed by atoms with Gasteiger partial charge < -0.3 is 16.4 Å². The first-order valence-electron chi connectivity index (χ1n) is 14.0. The summed E-state index contributed by atoms with van der Waals surface area (Å²) in [4.78, 5) is 29.7. The summed E-state index contributed by atoms with van der Waals surface area (Å²) in [6, 6.07) is 34.4. The number of hydrogen-bond donors (Lipinski definition) is 6. The van der Waals surface area contributed by atoms with E-state index >= 15 is 0 Å². The zero-order chi connectivity index (χ0) is 30.4. The molecule has 0 saturated carbocycles. The van der Waals surface area contributed by atoms with E-state index in [1.165, 1.54) is 0 Å². The highest BCUT2D eigenvalue weighted by molar-refractivity contribution is 6.24. The molecule has 0 spiro atoms. The van der Waals surface area contributed by atoms with Crippen molar-refractivity contribution in [2.75, 3.05) is 0 Å². The van der Waals surface area contributed by atoms with Gasteiger partial charge in [0, 0.05) is 18.7 Å². The monoisotopic (exact) mass is 575 g/mol. The van der Waals surface area contributed by atoms with E-state index in [-0.39, 0.29) is 11.9 Å². The first-order valence-corrected chi connectivity index (χ1v) is 14.0. The molecule has 0 fully saturated rings. The van der Waals surface area contributed by atoms with Gasteiger partial charge in [-0.05, 0) is 40.8 Å². The van der Waals surface area contributed by atoms with Gasteiger partial charge in [0.1, 0.15) is 6.29 Å². The third-order valence-corrected chi connectivity index (χ3v) is 6.45. The topological polar surface area (TPSA) is 147 Å². The zero-order valence-electron chi connectivity index (χ0n) is 24.1. The van der Waals surface area contributed by atoms with E-state index in [9.17, 15) is 9.59 Å². The van der Waals surface area contributed by atoms with Crippen LogP contribution in [0, 0.1) is 6.92 Å². The molecule has 0 saturated heterocycles. The van der Waals surface area contributed by atoms with Gasteiger partial charge in [-0.2, -0.15) is 0 Å². The number of aryl methyl sites for hydroxylation is 1. The van der Waals surface area contributed by atoms with Gasteiger partial charge in [0.2, 0.25) is 0 Å². The highest BCUT2D eigenvalue weighted by atomic mass is 16.2. The molecular formula is C34H37N7O2. The highest BCUT2D eigenvalue weighted by Gasteiger charge is 2.13. The number of aliphatic imine (C=N–C) groups is 1. The molecule has 220 valence electrons. The third-order valence-electron chi connectivity index (χ3n) is 6.45. The standard InChI is InChI=1S/C34H37N7O2/c1-24-10-8-13-26(18-24)22-38-32(35)40-34(43)41-33(36)39-23-28-15-9-14-27(19-28)21-37-31(42)30(29-16-6-3-7-17-29)20-25-11-4-2-5-12-25/h2-20,33,39H,21-23,36H2,1H3,(H,37,42)(H4,35,38,40,41,43)/b30-20+. The predicted octanol–water partition coefficient (Wildman–Crippen LogP) is 4.00. The molecule has 8 N–H and O–H groups in total. The Morgan fingerprint density at radius 3 is 2.19 bits per heavy atom. The predicted molar refractivity (Wildman–Crippen MR) is 172 cm³/mol. The molecule has 9 nitrogen and oxygen atoms in total.